The molecule has 0 aliphatic heterocycles. The summed E-state index contributed by atoms with van der Waals surface area (Å²) in [5.74, 6) is -0.870. The van der Waals surface area contributed by atoms with E-state index in [-0.39, 0.29) is 12.0 Å². The number of aliphatic carboxylic acids is 1. The Hall–Kier alpha value is -1.58. The molecule has 4 nitrogen and oxygen atoms in total. The lowest BCUT2D eigenvalue weighted by atomic mass is 10.1. The van der Waals surface area contributed by atoms with Gasteiger partial charge in [0, 0.05) is 24.2 Å². The molecule has 1 rings (SSSR count). The monoisotopic (exact) mass is 237 g/mol. The highest BCUT2D eigenvalue weighted by molar-refractivity contribution is 5.67. The quantitative estimate of drug-likeness (QED) is 0.823. The molecule has 0 bridgehead atoms. The summed E-state index contributed by atoms with van der Waals surface area (Å²) < 4.78 is 1.74. The number of pyridine rings is 1. The fourth-order valence-corrected chi connectivity index (χ4v) is 1.74. The predicted octanol–water partition coefficient (Wildman–Crippen LogP) is 1.97. The van der Waals surface area contributed by atoms with Crippen LogP contribution in [0, 0.1) is 6.92 Å². The highest BCUT2D eigenvalue weighted by atomic mass is 16.4. The van der Waals surface area contributed by atoms with Crippen LogP contribution in [0.15, 0.2) is 16.9 Å². The van der Waals surface area contributed by atoms with Gasteiger partial charge in [0.25, 0.3) is 5.56 Å². The van der Waals surface area contributed by atoms with Gasteiger partial charge in [-0.15, -0.1) is 0 Å². The largest absolute Gasteiger partial charge is 0.481 e. The van der Waals surface area contributed by atoms with Crippen LogP contribution in [0.2, 0.25) is 0 Å². The van der Waals surface area contributed by atoms with E-state index in [9.17, 15) is 9.59 Å². The zero-order chi connectivity index (χ0) is 12.8. The summed E-state index contributed by atoms with van der Waals surface area (Å²) in [6.45, 7) is 4.69. The van der Waals surface area contributed by atoms with Crippen LogP contribution in [0.1, 0.15) is 37.4 Å². The molecule has 1 aromatic rings. The molecular weight excluding hydrogens is 218 g/mol. The Kier molecular flexibility index (Phi) is 4.94. The molecule has 94 valence electrons. The first-order valence-corrected chi connectivity index (χ1v) is 5.97. The molecule has 0 saturated heterocycles. The molecule has 0 saturated carbocycles. The van der Waals surface area contributed by atoms with Crippen molar-refractivity contribution >= 4 is 5.97 Å². The maximum atomic E-state index is 12.1. The maximum absolute atomic E-state index is 12.1. The Bertz CT molecular complexity index is 448. The van der Waals surface area contributed by atoms with Crippen LogP contribution < -0.4 is 5.56 Å². The Balaban J connectivity index is 2.93. The molecule has 0 amide bonds. The zero-order valence-electron chi connectivity index (χ0n) is 10.4. The summed E-state index contributed by atoms with van der Waals surface area (Å²) in [4.78, 5) is 22.6. The lowest BCUT2D eigenvalue weighted by Crippen LogP contribution is -2.25. The molecule has 0 aliphatic rings. The molecular formula is C13H19NO3. The molecule has 0 aliphatic carbocycles. The van der Waals surface area contributed by atoms with Crippen LogP contribution in [0.5, 0.6) is 0 Å². The third-order valence-corrected chi connectivity index (χ3v) is 2.81. The lowest BCUT2D eigenvalue weighted by Gasteiger charge is -2.11. The minimum atomic E-state index is -0.870. The van der Waals surface area contributed by atoms with Crippen LogP contribution in [-0.2, 0) is 17.8 Å². The number of nitrogens with zero attached hydrogens (tertiary/aromatic N) is 1. The Morgan fingerprint density at radius 1 is 1.41 bits per heavy atom. The van der Waals surface area contributed by atoms with E-state index in [2.05, 4.69) is 6.92 Å². The van der Waals surface area contributed by atoms with Gasteiger partial charge in [-0.2, -0.15) is 0 Å². The first-order valence-electron chi connectivity index (χ1n) is 5.97. The molecule has 0 unspecified atom stereocenters. The fourth-order valence-electron chi connectivity index (χ4n) is 1.74. The smallest absolute Gasteiger partial charge is 0.303 e. The average Bonchev–Trinajstić information content (AvgIpc) is 2.27. The molecule has 1 aromatic heterocycles. The van der Waals surface area contributed by atoms with E-state index in [1.54, 1.807) is 10.6 Å². The SMILES string of the molecule is CCCCn1c(C)ccc(CCC(=O)O)c1=O. The summed E-state index contributed by atoms with van der Waals surface area (Å²) in [6.07, 6.45) is 2.31. The van der Waals surface area contributed by atoms with Gasteiger partial charge in [0.1, 0.15) is 0 Å². The normalized spacial score (nSPS) is 10.5. The second kappa shape index (κ2) is 6.23. The van der Waals surface area contributed by atoms with Gasteiger partial charge >= 0.3 is 5.97 Å². The highest BCUT2D eigenvalue weighted by Crippen LogP contribution is 2.03. The van der Waals surface area contributed by atoms with Gasteiger partial charge in [-0.3, -0.25) is 9.59 Å². The van der Waals surface area contributed by atoms with Gasteiger partial charge in [-0.25, -0.2) is 0 Å². The molecule has 0 fully saturated rings. The second-order valence-corrected chi connectivity index (χ2v) is 4.20. The number of aryl methyl sites for hydroxylation is 2. The first kappa shape index (κ1) is 13.5. The average molecular weight is 237 g/mol. The molecule has 0 spiro atoms. The molecule has 0 aromatic carbocycles. The van der Waals surface area contributed by atoms with Crippen LogP contribution in [-0.4, -0.2) is 15.6 Å². The number of carboxylic acid groups (broad SMARTS) is 1. The summed E-state index contributed by atoms with van der Waals surface area (Å²) in [7, 11) is 0. The van der Waals surface area contributed by atoms with E-state index in [1.807, 2.05) is 13.0 Å². The van der Waals surface area contributed by atoms with Crippen molar-refractivity contribution in [1.29, 1.82) is 0 Å². The number of hydrogen-bond acceptors (Lipinski definition) is 2. The summed E-state index contributed by atoms with van der Waals surface area (Å²) in [6, 6.07) is 3.62. The summed E-state index contributed by atoms with van der Waals surface area (Å²) in [5, 5.41) is 8.62. The van der Waals surface area contributed by atoms with Crippen molar-refractivity contribution in [3.63, 3.8) is 0 Å². The van der Waals surface area contributed by atoms with Gasteiger partial charge in [0.15, 0.2) is 0 Å². The molecule has 1 N–H and O–H groups in total. The maximum Gasteiger partial charge on any atom is 0.303 e. The number of rotatable bonds is 6. The number of carboxylic acids is 1. The highest BCUT2D eigenvalue weighted by Gasteiger charge is 2.07. The van der Waals surface area contributed by atoms with Crippen molar-refractivity contribution < 1.29 is 9.90 Å². The fraction of sp³-hybridized carbons (Fsp3) is 0.538. The number of carbonyl (C=O) groups is 1. The van der Waals surface area contributed by atoms with Crippen molar-refractivity contribution in [3.8, 4) is 0 Å². The Morgan fingerprint density at radius 3 is 2.71 bits per heavy atom. The standard InChI is InChI=1S/C13H19NO3/c1-3-4-9-14-10(2)5-6-11(13(14)17)7-8-12(15)16/h5-6H,3-4,7-9H2,1-2H3,(H,15,16). The van der Waals surface area contributed by atoms with Gasteiger partial charge in [-0.1, -0.05) is 19.4 Å². The molecule has 1 heterocycles. The van der Waals surface area contributed by atoms with Gasteiger partial charge in [0.05, 0.1) is 0 Å². The van der Waals surface area contributed by atoms with Gasteiger partial charge in [-0.05, 0) is 25.8 Å². The Labute approximate surface area is 101 Å². The number of hydrogen-bond donors (Lipinski definition) is 1. The minimum Gasteiger partial charge on any atom is -0.481 e. The lowest BCUT2D eigenvalue weighted by molar-refractivity contribution is -0.136. The van der Waals surface area contributed by atoms with Crippen LogP contribution in [0.3, 0.4) is 0 Å². The van der Waals surface area contributed by atoms with E-state index >= 15 is 0 Å². The topological polar surface area (TPSA) is 59.3 Å². The van der Waals surface area contributed by atoms with Crippen molar-refractivity contribution in [2.75, 3.05) is 0 Å². The predicted molar refractivity (Wildman–Crippen MR) is 66.3 cm³/mol. The van der Waals surface area contributed by atoms with Gasteiger partial charge in [0.2, 0.25) is 0 Å². The second-order valence-electron chi connectivity index (χ2n) is 4.20. The van der Waals surface area contributed by atoms with Crippen molar-refractivity contribution in [2.45, 2.75) is 46.1 Å². The van der Waals surface area contributed by atoms with E-state index in [0.29, 0.717) is 18.5 Å². The van der Waals surface area contributed by atoms with E-state index < -0.39 is 5.97 Å². The van der Waals surface area contributed by atoms with Gasteiger partial charge < -0.3 is 9.67 Å². The third-order valence-electron chi connectivity index (χ3n) is 2.81. The third kappa shape index (κ3) is 3.73. The van der Waals surface area contributed by atoms with E-state index in [1.165, 1.54) is 0 Å². The zero-order valence-corrected chi connectivity index (χ0v) is 10.4. The van der Waals surface area contributed by atoms with Crippen molar-refractivity contribution in [2.24, 2.45) is 0 Å². The van der Waals surface area contributed by atoms with Crippen LogP contribution >= 0.6 is 0 Å². The van der Waals surface area contributed by atoms with E-state index in [4.69, 9.17) is 5.11 Å². The minimum absolute atomic E-state index is 0.00603. The molecule has 17 heavy (non-hydrogen) atoms. The summed E-state index contributed by atoms with van der Waals surface area (Å²) >= 11 is 0. The van der Waals surface area contributed by atoms with Crippen LogP contribution in [0.25, 0.3) is 0 Å². The molecule has 4 heteroatoms. The summed E-state index contributed by atoms with van der Waals surface area (Å²) in [5.41, 5.74) is 1.48. The number of unbranched alkanes of at least 4 members (excludes halogenated alkanes) is 1. The van der Waals surface area contributed by atoms with Crippen LogP contribution in [0.4, 0.5) is 0 Å². The number of aromatic nitrogens is 1. The molecule has 0 radical (unpaired) electrons. The van der Waals surface area contributed by atoms with E-state index in [0.717, 1.165) is 18.5 Å². The Morgan fingerprint density at radius 2 is 2.12 bits per heavy atom. The first-order chi connectivity index (χ1) is 8.06. The molecule has 0 atom stereocenters. The van der Waals surface area contributed by atoms with Crippen molar-refractivity contribution in [1.82, 2.24) is 4.57 Å². The van der Waals surface area contributed by atoms with Crippen molar-refractivity contribution in [3.05, 3.63) is 33.7 Å².